The molecule has 1 heterocycles. The van der Waals surface area contributed by atoms with E-state index in [2.05, 4.69) is 11.8 Å². The predicted octanol–water partition coefficient (Wildman–Crippen LogP) is 2.37. The Bertz CT molecular complexity index is 444. The van der Waals surface area contributed by atoms with Gasteiger partial charge in [-0.25, -0.2) is 4.79 Å². The van der Waals surface area contributed by atoms with Crippen LogP contribution in [-0.4, -0.2) is 40.4 Å². The minimum Gasteiger partial charge on any atom is -0.478 e. The minimum absolute atomic E-state index is 0.298. The summed E-state index contributed by atoms with van der Waals surface area (Å²) in [5.41, 5.74) is 1.50. The van der Waals surface area contributed by atoms with E-state index in [1.807, 2.05) is 12.1 Å². The molecule has 0 aliphatic carbocycles. The van der Waals surface area contributed by atoms with E-state index in [0.29, 0.717) is 11.5 Å². The van der Waals surface area contributed by atoms with Crippen LogP contribution in [0.25, 0.3) is 0 Å². The van der Waals surface area contributed by atoms with E-state index >= 15 is 0 Å². The van der Waals surface area contributed by atoms with Crippen molar-refractivity contribution in [3.63, 3.8) is 0 Å². The molecule has 1 aliphatic rings. The SMILES string of the molecule is CCN1CCC(CCc2ccc(C(=O)O)cc2)CC1O. The van der Waals surface area contributed by atoms with Crippen molar-refractivity contribution >= 4 is 5.97 Å². The van der Waals surface area contributed by atoms with Crippen LogP contribution in [0.1, 0.15) is 42.1 Å². The highest BCUT2D eigenvalue weighted by atomic mass is 16.4. The van der Waals surface area contributed by atoms with Crippen LogP contribution in [0.3, 0.4) is 0 Å². The number of aryl methyl sites for hydroxylation is 1. The van der Waals surface area contributed by atoms with E-state index in [0.717, 1.165) is 38.8 Å². The number of aromatic carboxylic acids is 1. The number of piperidine rings is 1. The van der Waals surface area contributed by atoms with Crippen LogP contribution in [0.15, 0.2) is 24.3 Å². The Kier molecular flexibility index (Phi) is 5.15. The molecule has 2 unspecified atom stereocenters. The van der Waals surface area contributed by atoms with Gasteiger partial charge in [-0.3, -0.25) is 4.90 Å². The first-order valence-electron chi connectivity index (χ1n) is 7.34. The maximum Gasteiger partial charge on any atom is 0.335 e. The summed E-state index contributed by atoms with van der Waals surface area (Å²) in [4.78, 5) is 12.9. The predicted molar refractivity (Wildman–Crippen MR) is 77.7 cm³/mol. The highest BCUT2D eigenvalue weighted by Gasteiger charge is 2.25. The first kappa shape index (κ1) is 15.0. The van der Waals surface area contributed by atoms with E-state index in [4.69, 9.17) is 5.11 Å². The molecule has 2 rings (SSSR count). The monoisotopic (exact) mass is 277 g/mol. The third-order valence-electron chi connectivity index (χ3n) is 4.24. The third-order valence-corrected chi connectivity index (χ3v) is 4.24. The molecule has 1 saturated heterocycles. The van der Waals surface area contributed by atoms with Crippen molar-refractivity contribution in [2.24, 2.45) is 5.92 Å². The van der Waals surface area contributed by atoms with Crippen molar-refractivity contribution in [3.05, 3.63) is 35.4 Å². The van der Waals surface area contributed by atoms with Crippen molar-refractivity contribution in [3.8, 4) is 0 Å². The van der Waals surface area contributed by atoms with E-state index in [9.17, 15) is 9.90 Å². The van der Waals surface area contributed by atoms with Gasteiger partial charge < -0.3 is 10.2 Å². The lowest BCUT2D eigenvalue weighted by Crippen LogP contribution is -2.42. The van der Waals surface area contributed by atoms with Crippen LogP contribution >= 0.6 is 0 Å². The highest BCUT2D eigenvalue weighted by Crippen LogP contribution is 2.25. The Hall–Kier alpha value is -1.39. The number of carboxylic acids is 1. The lowest BCUT2D eigenvalue weighted by molar-refractivity contribution is -0.0402. The molecule has 1 aliphatic heterocycles. The molecule has 0 saturated carbocycles. The summed E-state index contributed by atoms with van der Waals surface area (Å²) in [5, 5.41) is 18.8. The van der Waals surface area contributed by atoms with Crippen LogP contribution in [0, 0.1) is 5.92 Å². The van der Waals surface area contributed by atoms with Crippen molar-refractivity contribution in [2.75, 3.05) is 13.1 Å². The molecule has 1 aromatic rings. The number of rotatable bonds is 5. The topological polar surface area (TPSA) is 60.8 Å². The second-order valence-electron chi connectivity index (χ2n) is 5.54. The summed E-state index contributed by atoms with van der Waals surface area (Å²) in [5.74, 6) is -0.321. The summed E-state index contributed by atoms with van der Waals surface area (Å²) >= 11 is 0. The number of carbonyl (C=O) groups is 1. The standard InChI is InChI=1S/C16H23NO3/c1-2-17-10-9-13(11-15(17)18)4-3-12-5-7-14(8-6-12)16(19)20/h5-8,13,15,18H,2-4,9-11H2,1H3,(H,19,20). The lowest BCUT2D eigenvalue weighted by atomic mass is 9.89. The molecule has 1 fully saturated rings. The van der Waals surface area contributed by atoms with Crippen LogP contribution in [0.2, 0.25) is 0 Å². The van der Waals surface area contributed by atoms with Gasteiger partial charge in [-0.1, -0.05) is 19.1 Å². The zero-order valence-electron chi connectivity index (χ0n) is 12.0. The average molecular weight is 277 g/mol. The molecule has 1 aromatic carbocycles. The van der Waals surface area contributed by atoms with Gasteiger partial charge >= 0.3 is 5.97 Å². The molecular formula is C16H23NO3. The molecule has 110 valence electrons. The quantitative estimate of drug-likeness (QED) is 0.867. The van der Waals surface area contributed by atoms with Crippen molar-refractivity contribution < 1.29 is 15.0 Å². The number of hydrogen-bond donors (Lipinski definition) is 2. The van der Waals surface area contributed by atoms with Gasteiger partial charge in [-0.15, -0.1) is 0 Å². The van der Waals surface area contributed by atoms with E-state index < -0.39 is 5.97 Å². The number of carboxylic acid groups (broad SMARTS) is 1. The molecule has 4 heteroatoms. The third kappa shape index (κ3) is 3.81. The van der Waals surface area contributed by atoms with Gasteiger partial charge in [0.25, 0.3) is 0 Å². The largest absolute Gasteiger partial charge is 0.478 e. The first-order chi connectivity index (χ1) is 9.60. The number of benzene rings is 1. The molecule has 0 amide bonds. The molecule has 20 heavy (non-hydrogen) atoms. The summed E-state index contributed by atoms with van der Waals surface area (Å²) in [6.07, 6.45) is 3.69. The Morgan fingerprint density at radius 2 is 2.05 bits per heavy atom. The Balaban J connectivity index is 1.82. The Morgan fingerprint density at radius 1 is 1.35 bits per heavy atom. The number of aliphatic hydroxyl groups excluding tert-OH is 1. The van der Waals surface area contributed by atoms with Gasteiger partial charge in [-0.05, 0) is 55.8 Å². The van der Waals surface area contributed by atoms with Crippen LogP contribution in [-0.2, 0) is 6.42 Å². The summed E-state index contributed by atoms with van der Waals surface area (Å²) < 4.78 is 0. The molecular weight excluding hydrogens is 254 g/mol. The maximum absolute atomic E-state index is 10.8. The Labute approximate surface area is 120 Å². The second-order valence-corrected chi connectivity index (χ2v) is 5.54. The molecule has 0 spiro atoms. The van der Waals surface area contributed by atoms with Crippen LogP contribution in [0.5, 0.6) is 0 Å². The zero-order chi connectivity index (χ0) is 14.5. The fraction of sp³-hybridized carbons (Fsp3) is 0.562. The van der Waals surface area contributed by atoms with E-state index in [1.165, 1.54) is 5.56 Å². The Morgan fingerprint density at radius 3 is 2.60 bits per heavy atom. The van der Waals surface area contributed by atoms with Crippen LogP contribution < -0.4 is 0 Å². The van der Waals surface area contributed by atoms with Crippen molar-refractivity contribution in [1.82, 2.24) is 4.90 Å². The average Bonchev–Trinajstić information content (AvgIpc) is 2.45. The minimum atomic E-state index is -0.883. The zero-order valence-corrected chi connectivity index (χ0v) is 12.0. The summed E-state index contributed by atoms with van der Waals surface area (Å²) in [6, 6.07) is 7.10. The number of likely N-dealkylation sites (tertiary alicyclic amines) is 1. The van der Waals surface area contributed by atoms with Gasteiger partial charge in [0.15, 0.2) is 0 Å². The van der Waals surface area contributed by atoms with Gasteiger partial charge in [0.1, 0.15) is 6.23 Å². The fourth-order valence-electron chi connectivity index (χ4n) is 2.88. The molecule has 0 radical (unpaired) electrons. The summed E-state index contributed by atoms with van der Waals surface area (Å²) in [6.45, 7) is 3.96. The first-order valence-corrected chi connectivity index (χ1v) is 7.34. The van der Waals surface area contributed by atoms with Gasteiger partial charge in [0, 0.05) is 6.54 Å². The van der Waals surface area contributed by atoms with Crippen molar-refractivity contribution in [1.29, 1.82) is 0 Å². The van der Waals surface area contributed by atoms with Crippen molar-refractivity contribution in [2.45, 2.75) is 38.8 Å². The lowest BCUT2D eigenvalue weighted by Gasteiger charge is -2.35. The number of aliphatic hydroxyl groups is 1. The van der Waals surface area contributed by atoms with Crippen LogP contribution in [0.4, 0.5) is 0 Å². The maximum atomic E-state index is 10.8. The van der Waals surface area contributed by atoms with E-state index in [1.54, 1.807) is 12.1 Å². The number of nitrogens with zero attached hydrogens (tertiary/aromatic N) is 1. The molecule has 2 N–H and O–H groups in total. The smallest absolute Gasteiger partial charge is 0.335 e. The fourth-order valence-corrected chi connectivity index (χ4v) is 2.88. The summed E-state index contributed by atoms with van der Waals surface area (Å²) in [7, 11) is 0. The van der Waals surface area contributed by atoms with Gasteiger partial charge in [0.2, 0.25) is 0 Å². The molecule has 0 bridgehead atoms. The molecule has 0 aromatic heterocycles. The molecule has 4 nitrogen and oxygen atoms in total. The normalized spacial score (nSPS) is 23.7. The highest BCUT2D eigenvalue weighted by molar-refractivity contribution is 5.87. The van der Waals surface area contributed by atoms with Gasteiger partial charge in [0.05, 0.1) is 5.56 Å². The number of hydrogen-bond acceptors (Lipinski definition) is 3. The second kappa shape index (κ2) is 6.86. The molecule has 2 atom stereocenters. The van der Waals surface area contributed by atoms with Gasteiger partial charge in [-0.2, -0.15) is 0 Å². The van der Waals surface area contributed by atoms with E-state index in [-0.39, 0.29) is 6.23 Å².